The molecule has 0 unspecified atom stereocenters. The summed E-state index contributed by atoms with van der Waals surface area (Å²) < 4.78 is 7.60. The number of hydrogen-bond donors (Lipinski definition) is 0. The molecular weight excluding hydrogens is 447 g/mol. The molecule has 0 spiro atoms. The van der Waals surface area contributed by atoms with Gasteiger partial charge >= 0.3 is 0 Å². The number of pyridine rings is 1. The van der Waals surface area contributed by atoms with E-state index in [1.807, 2.05) is 54.3 Å². The summed E-state index contributed by atoms with van der Waals surface area (Å²) in [5.41, 5.74) is 3.33. The lowest BCUT2D eigenvalue weighted by Gasteiger charge is -2.32. The summed E-state index contributed by atoms with van der Waals surface area (Å²) in [7, 11) is 1.74. The van der Waals surface area contributed by atoms with Gasteiger partial charge in [-0.1, -0.05) is 41.4 Å². The third kappa shape index (κ3) is 4.84. The fraction of sp³-hybridized carbons (Fsp3) is 0.280. The molecule has 0 atom stereocenters. The Morgan fingerprint density at radius 2 is 1.59 bits per heavy atom. The molecule has 1 amide bonds. The van der Waals surface area contributed by atoms with Crippen LogP contribution in [0, 0.1) is 6.92 Å². The molecule has 1 aliphatic heterocycles. The van der Waals surface area contributed by atoms with Crippen LogP contribution in [-0.4, -0.2) is 34.6 Å². The van der Waals surface area contributed by atoms with Crippen LogP contribution in [0.15, 0.2) is 59.4 Å². The maximum atomic E-state index is 12.9. The Hall–Kier alpha value is -2.76. The van der Waals surface area contributed by atoms with E-state index in [0.29, 0.717) is 34.4 Å². The molecule has 1 saturated heterocycles. The molecule has 0 bridgehead atoms. The molecular formula is C25H24Cl2N2O3. The predicted molar refractivity (Wildman–Crippen MR) is 128 cm³/mol. The zero-order chi connectivity index (χ0) is 22.8. The van der Waals surface area contributed by atoms with Gasteiger partial charge in [0.15, 0.2) is 0 Å². The molecule has 1 aromatic heterocycles. The second-order valence-electron chi connectivity index (χ2n) is 8.05. The van der Waals surface area contributed by atoms with E-state index in [2.05, 4.69) is 0 Å². The number of halogens is 2. The SMILES string of the molecule is Cc1cc(OC2CCN(C(=O)c3ccc(-c4ccc(Cl)c(Cl)c4)cc3)CC2)cc(=O)n1C. The second kappa shape index (κ2) is 9.39. The average Bonchev–Trinajstić information content (AvgIpc) is 2.79. The van der Waals surface area contributed by atoms with Crippen molar-refractivity contribution in [2.45, 2.75) is 25.9 Å². The predicted octanol–water partition coefficient (Wildman–Crippen LogP) is 5.35. The molecule has 2 aromatic carbocycles. The van der Waals surface area contributed by atoms with Crippen molar-refractivity contribution in [3.05, 3.63) is 86.3 Å². The van der Waals surface area contributed by atoms with Gasteiger partial charge in [-0.05, 0) is 48.4 Å². The lowest BCUT2D eigenvalue weighted by atomic mass is 10.0. The first-order valence-corrected chi connectivity index (χ1v) is 11.3. The monoisotopic (exact) mass is 470 g/mol. The van der Waals surface area contributed by atoms with Crippen molar-refractivity contribution in [2.24, 2.45) is 7.05 Å². The molecule has 166 valence electrons. The highest BCUT2D eigenvalue weighted by atomic mass is 35.5. The largest absolute Gasteiger partial charge is 0.490 e. The van der Waals surface area contributed by atoms with Crippen molar-refractivity contribution in [1.29, 1.82) is 0 Å². The van der Waals surface area contributed by atoms with E-state index in [0.717, 1.165) is 29.7 Å². The summed E-state index contributed by atoms with van der Waals surface area (Å²) in [6, 6.07) is 16.4. The number of carbonyl (C=O) groups excluding carboxylic acids is 1. The van der Waals surface area contributed by atoms with Crippen molar-refractivity contribution < 1.29 is 9.53 Å². The van der Waals surface area contributed by atoms with E-state index in [4.69, 9.17) is 27.9 Å². The fourth-order valence-electron chi connectivity index (χ4n) is 3.84. The van der Waals surface area contributed by atoms with E-state index >= 15 is 0 Å². The van der Waals surface area contributed by atoms with E-state index in [1.54, 1.807) is 17.7 Å². The van der Waals surface area contributed by atoms with E-state index in [-0.39, 0.29) is 17.6 Å². The van der Waals surface area contributed by atoms with Gasteiger partial charge in [0.25, 0.3) is 11.5 Å². The first-order chi connectivity index (χ1) is 15.3. The molecule has 3 aromatic rings. The van der Waals surface area contributed by atoms with Crippen LogP contribution in [-0.2, 0) is 7.05 Å². The van der Waals surface area contributed by atoms with Crippen LogP contribution >= 0.6 is 23.2 Å². The van der Waals surface area contributed by atoms with Crippen LogP contribution in [0.25, 0.3) is 11.1 Å². The molecule has 0 radical (unpaired) electrons. The van der Waals surface area contributed by atoms with Gasteiger partial charge in [0.2, 0.25) is 0 Å². The van der Waals surface area contributed by atoms with Gasteiger partial charge in [0.1, 0.15) is 11.9 Å². The number of hydrogen-bond acceptors (Lipinski definition) is 3. The molecule has 0 N–H and O–H groups in total. The van der Waals surface area contributed by atoms with Gasteiger partial charge in [-0.15, -0.1) is 0 Å². The lowest BCUT2D eigenvalue weighted by molar-refractivity contribution is 0.0595. The number of benzene rings is 2. The van der Waals surface area contributed by atoms with Crippen LogP contribution in [0.3, 0.4) is 0 Å². The summed E-state index contributed by atoms with van der Waals surface area (Å²) in [5.74, 6) is 0.599. The van der Waals surface area contributed by atoms with E-state index < -0.39 is 0 Å². The van der Waals surface area contributed by atoms with Gasteiger partial charge in [0, 0.05) is 50.3 Å². The zero-order valence-electron chi connectivity index (χ0n) is 18.0. The fourth-order valence-corrected chi connectivity index (χ4v) is 4.14. The number of nitrogens with zero attached hydrogens (tertiary/aromatic N) is 2. The Morgan fingerprint density at radius 1 is 0.938 bits per heavy atom. The Bertz CT molecular complexity index is 1200. The number of ether oxygens (including phenoxy) is 1. The number of likely N-dealkylation sites (tertiary alicyclic amines) is 1. The number of piperidine rings is 1. The smallest absolute Gasteiger partial charge is 0.254 e. The maximum Gasteiger partial charge on any atom is 0.254 e. The molecule has 0 saturated carbocycles. The molecule has 4 rings (SSSR count). The Labute approximate surface area is 197 Å². The highest BCUT2D eigenvalue weighted by Gasteiger charge is 2.25. The van der Waals surface area contributed by atoms with Crippen LogP contribution < -0.4 is 10.3 Å². The molecule has 32 heavy (non-hydrogen) atoms. The summed E-state index contributed by atoms with van der Waals surface area (Å²) in [4.78, 5) is 26.8. The van der Waals surface area contributed by atoms with Gasteiger partial charge < -0.3 is 14.2 Å². The Balaban J connectivity index is 1.37. The minimum Gasteiger partial charge on any atom is -0.490 e. The number of aromatic nitrogens is 1. The highest BCUT2D eigenvalue weighted by molar-refractivity contribution is 6.42. The second-order valence-corrected chi connectivity index (χ2v) is 8.86. The Kier molecular flexibility index (Phi) is 6.58. The van der Waals surface area contributed by atoms with Crippen molar-refractivity contribution >= 4 is 29.1 Å². The standard InChI is InChI=1S/C25H24Cl2N2O3/c1-16-13-21(15-24(30)28(16)2)32-20-9-11-29(12-10-20)25(31)18-5-3-17(4-6-18)19-7-8-22(26)23(27)14-19/h3-8,13-15,20H,9-12H2,1-2H3. The van der Waals surface area contributed by atoms with Gasteiger partial charge in [-0.3, -0.25) is 9.59 Å². The van der Waals surface area contributed by atoms with E-state index in [1.165, 1.54) is 6.07 Å². The third-order valence-corrected chi connectivity index (χ3v) is 6.63. The zero-order valence-corrected chi connectivity index (χ0v) is 19.5. The molecule has 5 nitrogen and oxygen atoms in total. The van der Waals surface area contributed by atoms with Crippen molar-refractivity contribution in [3.8, 4) is 16.9 Å². The topological polar surface area (TPSA) is 51.5 Å². The lowest BCUT2D eigenvalue weighted by Crippen LogP contribution is -2.41. The molecule has 1 fully saturated rings. The number of amides is 1. The molecule has 0 aliphatic carbocycles. The minimum atomic E-state index is -0.0862. The van der Waals surface area contributed by atoms with E-state index in [9.17, 15) is 9.59 Å². The summed E-state index contributed by atoms with van der Waals surface area (Å²) in [5, 5.41) is 1.01. The number of rotatable bonds is 4. The van der Waals surface area contributed by atoms with Crippen LogP contribution in [0.1, 0.15) is 28.9 Å². The summed E-state index contributed by atoms with van der Waals surface area (Å²) in [6.07, 6.45) is 1.44. The number of carbonyl (C=O) groups is 1. The van der Waals surface area contributed by atoms with Crippen LogP contribution in [0.5, 0.6) is 5.75 Å². The minimum absolute atomic E-state index is 0.00793. The first-order valence-electron chi connectivity index (χ1n) is 10.5. The van der Waals surface area contributed by atoms with Gasteiger partial charge in [0.05, 0.1) is 10.0 Å². The highest BCUT2D eigenvalue weighted by Crippen LogP contribution is 2.29. The number of aryl methyl sites for hydroxylation is 1. The Morgan fingerprint density at radius 3 is 2.22 bits per heavy atom. The summed E-state index contributed by atoms with van der Waals surface area (Å²) in [6.45, 7) is 3.10. The van der Waals surface area contributed by atoms with Gasteiger partial charge in [-0.25, -0.2) is 0 Å². The normalized spacial score (nSPS) is 14.4. The average molecular weight is 471 g/mol. The van der Waals surface area contributed by atoms with Crippen molar-refractivity contribution in [1.82, 2.24) is 9.47 Å². The molecule has 1 aliphatic rings. The molecule has 7 heteroatoms. The van der Waals surface area contributed by atoms with Crippen molar-refractivity contribution in [2.75, 3.05) is 13.1 Å². The quantitative estimate of drug-likeness (QED) is 0.516. The van der Waals surface area contributed by atoms with Crippen molar-refractivity contribution in [3.63, 3.8) is 0 Å². The van der Waals surface area contributed by atoms with Crippen LogP contribution in [0.2, 0.25) is 10.0 Å². The molecule has 2 heterocycles. The van der Waals surface area contributed by atoms with Crippen LogP contribution in [0.4, 0.5) is 0 Å². The third-order valence-electron chi connectivity index (χ3n) is 5.89. The first kappa shape index (κ1) is 22.4. The van der Waals surface area contributed by atoms with Gasteiger partial charge in [-0.2, -0.15) is 0 Å². The maximum absolute atomic E-state index is 12.9. The summed E-state index contributed by atoms with van der Waals surface area (Å²) >= 11 is 12.1.